The van der Waals surface area contributed by atoms with Crippen LogP contribution in [0.5, 0.6) is 0 Å². The van der Waals surface area contributed by atoms with E-state index >= 15 is 0 Å². The third-order valence-electron chi connectivity index (χ3n) is 4.35. The fourth-order valence-electron chi connectivity index (χ4n) is 2.99. The van der Waals surface area contributed by atoms with Crippen molar-refractivity contribution in [3.8, 4) is 0 Å². The molecule has 1 fully saturated rings. The first-order valence-corrected chi connectivity index (χ1v) is 12.9. The van der Waals surface area contributed by atoms with Gasteiger partial charge in [-0.15, -0.1) is 0 Å². The summed E-state index contributed by atoms with van der Waals surface area (Å²) in [4.78, 5) is 34.6. The van der Waals surface area contributed by atoms with Crippen molar-refractivity contribution < 1.29 is 58.9 Å². The SMILES string of the molecule is CC(=O)N[C@@H](C=O)[C@@H](OC1O[C@H](C(=O)O)[C@@H](O)[C@H](O)[C@H]1O)[C@H](O[Si](C)(C)C)[C@H](O)CO. The van der Waals surface area contributed by atoms with Crippen LogP contribution in [0.1, 0.15) is 6.92 Å². The number of ether oxygens (including phenoxy) is 2. The summed E-state index contributed by atoms with van der Waals surface area (Å²) in [6, 6.07) is -1.47. The van der Waals surface area contributed by atoms with Crippen LogP contribution in [0.3, 0.4) is 0 Å². The molecule has 1 heterocycles. The number of aliphatic carboxylic acids is 1. The molecule has 14 heteroatoms. The summed E-state index contributed by atoms with van der Waals surface area (Å²) in [5.41, 5.74) is 0. The van der Waals surface area contributed by atoms with Crippen molar-refractivity contribution in [1.29, 1.82) is 0 Å². The van der Waals surface area contributed by atoms with Gasteiger partial charge in [0.15, 0.2) is 20.7 Å². The third kappa shape index (κ3) is 7.55. The van der Waals surface area contributed by atoms with Gasteiger partial charge in [0.05, 0.1) is 6.61 Å². The third-order valence-corrected chi connectivity index (χ3v) is 5.33. The number of aliphatic hydroxyl groups is 5. The molecule has 1 aliphatic rings. The van der Waals surface area contributed by atoms with Crippen LogP contribution < -0.4 is 5.32 Å². The Balaban J connectivity index is 3.36. The Morgan fingerprint density at radius 2 is 1.71 bits per heavy atom. The molecule has 7 N–H and O–H groups in total. The summed E-state index contributed by atoms with van der Waals surface area (Å²) in [6.45, 7) is 5.51. The van der Waals surface area contributed by atoms with Crippen molar-refractivity contribution in [2.24, 2.45) is 0 Å². The molecule has 9 atom stereocenters. The molecule has 0 aromatic carbocycles. The molecule has 1 aliphatic heterocycles. The fraction of sp³-hybridized carbons (Fsp3) is 0.824. The van der Waals surface area contributed by atoms with Crippen LogP contribution in [-0.2, 0) is 28.3 Å². The average Bonchev–Trinajstić information content (AvgIpc) is 2.66. The van der Waals surface area contributed by atoms with E-state index in [-0.39, 0.29) is 6.29 Å². The number of rotatable bonds is 11. The summed E-state index contributed by atoms with van der Waals surface area (Å²) in [7, 11) is -2.47. The molecule has 1 rings (SSSR count). The highest BCUT2D eigenvalue weighted by Crippen LogP contribution is 2.27. The molecule has 0 spiro atoms. The van der Waals surface area contributed by atoms with Gasteiger partial charge in [0.2, 0.25) is 5.91 Å². The van der Waals surface area contributed by atoms with Crippen LogP contribution >= 0.6 is 0 Å². The molecule has 0 radical (unpaired) electrons. The number of aldehydes is 1. The van der Waals surface area contributed by atoms with Crippen LogP contribution in [0.15, 0.2) is 0 Å². The number of carbonyl (C=O) groups is 3. The largest absolute Gasteiger partial charge is 0.479 e. The van der Waals surface area contributed by atoms with Crippen LogP contribution in [0.2, 0.25) is 19.6 Å². The van der Waals surface area contributed by atoms with Crippen molar-refractivity contribution >= 4 is 26.5 Å². The smallest absolute Gasteiger partial charge is 0.335 e. The highest BCUT2D eigenvalue weighted by Gasteiger charge is 2.50. The highest BCUT2D eigenvalue weighted by atomic mass is 28.4. The van der Waals surface area contributed by atoms with E-state index in [1.165, 1.54) is 0 Å². The monoisotopic (exact) mass is 469 g/mol. The van der Waals surface area contributed by atoms with Crippen molar-refractivity contribution in [3.63, 3.8) is 0 Å². The van der Waals surface area contributed by atoms with Gasteiger partial charge in [0, 0.05) is 6.92 Å². The summed E-state index contributed by atoms with van der Waals surface area (Å²) < 4.78 is 16.5. The predicted octanol–water partition coefficient (Wildman–Crippen LogP) is -3.46. The van der Waals surface area contributed by atoms with E-state index in [4.69, 9.17) is 13.9 Å². The lowest BCUT2D eigenvalue weighted by atomic mass is 9.98. The molecular formula is C17H31NO12Si. The van der Waals surface area contributed by atoms with Gasteiger partial charge >= 0.3 is 5.97 Å². The minimum absolute atomic E-state index is 0.270. The van der Waals surface area contributed by atoms with Crippen LogP contribution in [0, 0.1) is 0 Å². The van der Waals surface area contributed by atoms with E-state index in [1.54, 1.807) is 19.6 Å². The topological polar surface area (TPSA) is 212 Å². The zero-order valence-electron chi connectivity index (χ0n) is 17.6. The van der Waals surface area contributed by atoms with Crippen molar-refractivity contribution in [3.05, 3.63) is 0 Å². The molecule has 0 saturated carbocycles. The van der Waals surface area contributed by atoms with Gasteiger partial charge in [-0.3, -0.25) is 4.79 Å². The van der Waals surface area contributed by atoms with Gasteiger partial charge in [0.25, 0.3) is 0 Å². The van der Waals surface area contributed by atoms with Crippen LogP contribution in [0.4, 0.5) is 0 Å². The number of amides is 1. The second kappa shape index (κ2) is 11.4. The van der Waals surface area contributed by atoms with E-state index in [0.717, 1.165) is 6.92 Å². The van der Waals surface area contributed by atoms with Gasteiger partial charge in [0.1, 0.15) is 49.0 Å². The summed E-state index contributed by atoms with van der Waals surface area (Å²) in [6.07, 6.45) is -14.1. The lowest BCUT2D eigenvalue weighted by molar-refractivity contribution is -0.313. The van der Waals surface area contributed by atoms with Crippen molar-refractivity contribution in [1.82, 2.24) is 5.32 Å². The van der Waals surface area contributed by atoms with Gasteiger partial charge < -0.3 is 54.7 Å². The normalized spacial score (nSPS) is 30.7. The second-order valence-electron chi connectivity index (χ2n) is 8.14. The maximum atomic E-state index is 11.7. The predicted molar refractivity (Wildman–Crippen MR) is 104 cm³/mol. The van der Waals surface area contributed by atoms with E-state index in [2.05, 4.69) is 5.32 Å². The first-order chi connectivity index (χ1) is 14.2. The lowest BCUT2D eigenvalue weighted by Crippen LogP contribution is -2.64. The van der Waals surface area contributed by atoms with E-state index in [1.807, 2.05) is 0 Å². The van der Waals surface area contributed by atoms with Gasteiger partial charge in [-0.2, -0.15) is 0 Å². The fourth-order valence-corrected chi connectivity index (χ4v) is 4.10. The molecule has 13 nitrogen and oxygen atoms in total. The Labute approximate surface area is 179 Å². The standard InChI is InChI=1S/C17H31NO12Si/c1-7(21)18-8(5-19)13(14(9(22)6-20)30-31(2,3)4)28-17-12(25)10(23)11(24)15(29-17)16(26)27/h5,8-15,17,20,22-25H,6H2,1-4H3,(H,18,21)(H,26,27)/t8-,9+,10-,11-,12+,13+,14+,15-,17?/m0/s1. The Hall–Kier alpha value is -1.49. The summed E-state index contributed by atoms with van der Waals surface area (Å²) in [5.74, 6) is -2.30. The highest BCUT2D eigenvalue weighted by molar-refractivity contribution is 6.69. The van der Waals surface area contributed by atoms with Gasteiger partial charge in [-0.25, -0.2) is 4.79 Å². The Bertz CT molecular complexity index is 629. The Kier molecular flexibility index (Phi) is 10.1. The summed E-state index contributed by atoms with van der Waals surface area (Å²) in [5, 5.41) is 61.3. The van der Waals surface area contributed by atoms with Gasteiger partial charge in [-0.05, 0) is 19.6 Å². The van der Waals surface area contributed by atoms with Crippen molar-refractivity contribution in [2.75, 3.05) is 6.61 Å². The quantitative estimate of drug-likeness (QED) is 0.116. The summed E-state index contributed by atoms with van der Waals surface area (Å²) >= 11 is 0. The van der Waals surface area contributed by atoms with Crippen molar-refractivity contribution in [2.45, 2.75) is 81.6 Å². The molecule has 180 valence electrons. The number of hydrogen-bond donors (Lipinski definition) is 7. The molecule has 0 aliphatic carbocycles. The second-order valence-corrected chi connectivity index (χ2v) is 12.6. The molecule has 1 saturated heterocycles. The van der Waals surface area contributed by atoms with Crippen LogP contribution in [-0.4, -0.2) is 119 Å². The maximum Gasteiger partial charge on any atom is 0.335 e. The molecule has 0 aromatic rings. The van der Waals surface area contributed by atoms with Gasteiger partial charge in [-0.1, -0.05) is 0 Å². The molecule has 31 heavy (non-hydrogen) atoms. The molecule has 1 unspecified atom stereocenters. The minimum atomic E-state index is -2.47. The minimum Gasteiger partial charge on any atom is -0.479 e. The molecular weight excluding hydrogens is 438 g/mol. The average molecular weight is 470 g/mol. The zero-order valence-corrected chi connectivity index (χ0v) is 18.6. The molecule has 0 aromatic heterocycles. The molecule has 0 bridgehead atoms. The first kappa shape index (κ1) is 27.5. The lowest BCUT2D eigenvalue weighted by Gasteiger charge is -2.43. The molecule has 1 amide bonds. The number of carboxylic acids is 1. The van der Waals surface area contributed by atoms with E-state index in [9.17, 15) is 45.0 Å². The Morgan fingerprint density at radius 3 is 2.13 bits per heavy atom. The zero-order chi connectivity index (χ0) is 24.1. The Morgan fingerprint density at radius 1 is 1.13 bits per heavy atom. The number of nitrogens with one attached hydrogen (secondary N) is 1. The number of carbonyl (C=O) groups excluding carboxylic acids is 2. The maximum absolute atomic E-state index is 11.7. The first-order valence-electron chi connectivity index (χ1n) is 9.50. The number of aliphatic hydroxyl groups excluding tert-OH is 5. The van der Waals surface area contributed by atoms with E-state index in [0.29, 0.717) is 0 Å². The van der Waals surface area contributed by atoms with Crippen LogP contribution in [0.25, 0.3) is 0 Å². The number of carboxylic acid groups (broad SMARTS) is 1. The number of hydrogen-bond acceptors (Lipinski definition) is 11. The van der Waals surface area contributed by atoms with E-state index < -0.39 is 81.9 Å².